The quantitative estimate of drug-likeness (QED) is 0.307. The molecule has 1 aromatic heterocycles. The Balaban J connectivity index is 1.47. The number of rotatable bonds is 6. The lowest BCUT2D eigenvalue weighted by Gasteiger charge is -2.08. The second-order valence-electron chi connectivity index (χ2n) is 6.83. The summed E-state index contributed by atoms with van der Waals surface area (Å²) in [6, 6.07) is 29.5. The minimum Gasteiger partial charge on any atom is -0.487 e. The molecule has 0 spiro atoms. The number of pyridine rings is 1. The Morgan fingerprint density at radius 1 is 0.862 bits per heavy atom. The van der Waals surface area contributed by atoms with Crippen LogP contribution < -0.4 is 4.74 Å². The lowest BCUT2D eigenvalue weighted by Crippen LogP contribution is -1.98. The summed E-state index contributed by atoms with van der Waals surface area (Å²) in [5, 5.41) is 1.12. The van der Waals surface area contributed by atoms with Crippen LogP contribution >= 0.6 is 0 Å². The standard InChI is InChI=1S/C26H21NO2/c1-19(28)25(21-7-3-2-4-8-21)17-20-11-15-24(16-12-20)29-18-23-14-13-22-9-5-6-10-26(22)27-23/h2-17H,18H2,1H3/b25-17+. The van der Waals surface area contributed by atoms with Crippen LogP contribution in [0.15, 0.2) is 91.0 Å². The lowest BCUT2D eigenvalue weighted by atomic mass is 10.00. The summed E-state index contributed by atoms with van der Waals surface area (Å²) in [4.78, 5) is 16.7. The van der Waals surface area contributed by atoms with Crippen LogP contribution in [0.5, 0.6) is 5.75 Å². The van der Waals surface area contributed by atoms with E-state index in [2.05, 4.69) is 11.1 Å². The number of fused-ring (bicyclic) bond motifs is 1. The van der Waals surface area contributed by atoms with E-state index in [1.165, 1.54) is 0 Å². The van der Waals surface area contributed by atoms with Crippen LogP contribution in [-0.2, 0) is 11.4 Å². The number of benzene rings is 3. The van der Waals surface area contributed by atoms with Crippen molar-refractivity contribution in [2.45, 2.75) is 13.5 Å². The molecule has 4 aromatic rings. The molecule has 0 bridgehead atoms. The van der Waals surface area contributed by atoms with E-state index in [-0.39, 0.29) is 5.78 Å². The topological polar surface area (TPSA) is 39.2 Å². The molecule has 0 saturated carbocycles. The molecule has 3 aromatic carbocycles. The number of ether oxygens (including phenoxy) is 1. The van der Waals surface area contributed by atoms with Crippen LogP contribution in [0.2, 0.25) is 0 Å². The molecule has 0 amide bonds. The molecule has 3 heteroatoms. The molecular weight excluding hydrogens is 358 g/mol. The second-order valence-corrected chi connectivity index (χ2v) is 6.83. The minimum absolute atomic E-state index is 0.0407. The molecule has 0 saturated heterocycles. The summed E-state index contributed by atoms with van der Waals surface area (Å²) >= 11 is 0. The van der Waals surface area contributed by atoms with Crippen LogP contribution in [0.4, 0.5) is 0 Å². The molecule has 0 fully saturated rings. The van der Waals surface area contributed by atoms with Gasteiger partial charge >= 0.3 is 0 Å². The van der Waals surface area contributed by atoms with E-state index in [0.29, 0.717) is 12.2 Å². The summed E-state index contributed by atoms with van der Waals surface area (Å²) in [6.45, 7) is 2.00. The second kappa shape index (κ2) is 8.53. The highest BCUT2D eigenvalue weighted by atomic mass is 16.5. The first-order chi connectivity index (χ1) is 14.2. The maximum absolute atomic E-state index is 12.1. The molecule has 3 nitrogen and oxygen atoms in total. The van der Waals surface area contributed by atoms with Gasteiger partial charge in [0.1, 0.15) is 12.4 Å². The van der Waals surface area contributed by atoms with Gasteiger partial charge in [-0.2, -0.15) is 0 Å². The molecule has 29 heavy (non-hydrogen) atoms. The van der Waals surface area contributed by atoms with Crippen molar-refractivity contribution in [2.24, 2.45) is 0 Å². The summed E-state index contributed by atoms with van der Waals surface area (Å²) in [5.41, 5.74) is 4.42. The first-order valence-electron chi connectivity index (χ1n) is 9.55. The fraction of sp³-hybridized carbons (Fsp3) is 0.0769. The maximum atomic E-state index is 12.1. The molecule has 0 radical (unpaired) electrons. The van der Waals surface area contributed by atoms with Crippen LogP contribution in [0.25, 0.3) is 22.6 Å². The summed E-state index contributed by atoms with van der Waals surface area (Å²) in [7, 11) is 0. The summed E-state index contributed by atoms with van der Waals surface area (Å²) < 4.78 is 5.88. The zero-order chi connectivity index (χ0) is 20.1. The fourth-order valence-corrected chi connectivity index (χ4v) is 3.18. The normalized spacial score (nSPS) is 11.4. The molecule has 0 N–H and O–H groups in total. The number of aromatic nitrogens is 1. The molecule has 4 rings (SSSR count). The zero-order valence-corrected chi connectivity index (χ0v) is 16.2. The lowest BCUT2D eigenvalue weighted by molar-refractivity contribution is -0.111. The molecule has 1 heterocycles. The van der Waals surface area contributed by atoms with Gasteiger partial charge in [-0.3, -0.25) is 4.79 Å². The largest absolute Gasteiger partial charge is 0.487 e. The predicted octanol–water partition coefficient (Wildman–Crippen LogP) is 5.94. The minimum atomic E-state index is 0.0407. The summed E-state index contributed by atoms with van der Waals surface area (Å²) in [6.07, 6.45) is 1.91. The van der Waals surface area contributed by atoms with Crippen molar-refractivity contribution in [3.8, 4) is 5.75 Å². The van der Waals surface area contributed by atoms with Gasteiger partial charge in [-0.15, -0.1) is 0 Å². The van der Waals surface area contributed by atoms with Crippen molar-refractivity contribution in [3.05, 3.63) is 108 Å². The summed E-state index contributed by atoms with van der Waals surface area (Å²) in [5.74, 6) is 0.806. The SMILES string of the molecule is CC(=O)/C(=C\c1ccc(OCc2ccc3ccccc3n2)cc1)c1ccccc1. The third kappa shape index (κ3) is 4.58. The Kier molecular flexibility index (Phi) is 5.48. The number of ketones is 1. The van der Waals surface area contributed by atoms with Crippen molar-refractivity contribution in [1.29, 1.82) is 0 Å². The average Bonchev–Trinajstić information content (AvgIpc) is 2.77. The van der Waals surface area contributed by atoms with Gasteiger partial charge in [0.2, 0.25) is 0 Å². The molecule has 0 aliphatic carbocycles. The van der Waals surface area contributed by atoms with Gasteiger partial charge in [0.25, 0.3) is 0 Å². The molecule has 0 aliphatic heterocycles. The van der Waals surface area contributed by atoms with Crippen molar-refractivity contribution in [3.63, 3.8) is 0 Å². The molecule has 0 aliphatic rings. The number of allylic oxidation sites excluding steroid dienone is 1. The van der Waals surface area contributed by atoms with Crippen molar-refractivity contribution >= 4 is 28.3 Å². The Bertz CT molecular complexity index is 1160. The highest BCUT2D eigenvalue weighted by Gasteiger charge is 2.07. The van der Waals surface area contributed by atoms with E-state index in [1.807, 2.05) is 91.0 Å². The van der Waals surface area contributed by atoms with E-state index in [0.717, 1.165) is 33.5 Å². The van der Waals surface area contributed by atoms with E-state index in [1.54, 1.807) is 6.92 Å². The van der Waals surface area contributed by atoms with Gasteiger partial charge in [0.15, 0.2) is 5.78 Å². The monoisotopic (exact) mass is 379 g/mol. The molecular formula is C26H21NO2. The van der Waals surface area contributed by atoms with Crippen LogP contribution in [-0.4, -0.2) is 10.8 Å². The average molecular weight is 379 g/mol. The van der Waals surface area contributed by atoms with Crippen molar-refractivity contribution < 1.29 is 9.53 Å². The van der Waals surface area contributed by atoms with Crippen LogP contribution in [0.3, 0.4) is 0 Å². The van der Waals surface area contributed by atoms with Gasteiger partial charge < -0.3 is 4.74 Å². The van der Waals surface area contributed by atoms with E-state index < -0.39 is 0 Å². The smallest absolute Gasteiger partial charge is 0.160 e. The first-order valence-corrected chi connectivity index (χ1v) is 9.55. The molecule has 142 valence electrons. The highest BCUT2D eigenvalue weighted by molar-refractivity contribution is 6.24. The van der Waals surface area contributed by atoms with Crippen molar-refractivity contribution in [1.82, 2.24) is 4.98 Å². The Hall–Kier alpha value is -3.72. The van der Waals surface area contributed by atoms with Gasteiger partial charge in [-0.25, -0.2) is 4.98 Å². The number of hydrogen-bond donors (Lipinski definition) is 0. The van der Waals surface area contributed by atoms with Crippen LogP contribution in [0, 0.1) is 0 Å². The Morgan fingerprint density at radius 3 is 2.34 bits per heavy atom. The van der Waals surface area contributed by atoms with Crippen LogP contribution in [0.1, 0.15) is 23.7 Å². The number of hydrogen-bond acceptors (Lipinski definition) is 3. The number of para-hydroxylation sites is 1. The molecule has 0 atom stereocenters. The third-order valence-electron chi connectivity index (χ3n) is 4.70. The van der Waals surface area contributed by atoms with Gasteiger partial charge in [-0.05, 0) is 48.4 Å². The van der Waals surface area contributed by atoms with Crippen molar-refractivity contribution in [2.75, 3.05) is 0 Å². The molecule has 0 unspecified atom stereocenters. The Morgan fingerprint density at radius 2 is 1.59 bits per heavy atom. The zero-order valence-electron chi connectivity index (χ0n) is 16.2. The maximum Gasteiger partial charge on any atom is 0.160 e. The number of carbonyl (C=O) groups is 1. The fourth-order valence-electron chi connectivity index (χ4n) is 3.18. The van der Waals surface area contributed by atoms with E-state index in [9.17, 15) is 4.79 Å². The van der Waals surface area contributed by atoms with E-state index in [4.69, 9.17) is 4.74 Å². The highest BCUT2D eigenvalue weighted by Crippen LogP contribution is 2.21. The predicted molar refractivity (Wildman–Crippen MR) is 118 cm³/mol. The number of Topliss-reactive ketones (excluding diaryl/α,β-unsaturated/α-hetero) is 1. The van der Waals surface area contributed by atoms with Gasteiger partial charge in [0, 0.05) is 11.0 Å². The van der Waals surface area contributed by atoms with Gasteiger partial charge in [-0.1, -0.05) is 66.7 Å². The Labute approximate surface area is 170 Å². The third-order valence-corrected chi connectivity index (χ3v) is 4.70. The number of carbonyl (C=O) groups excluding carboxylic acids is 1. The number of nitrogens with zero attached hydrogens (tertiary/aromatic N) is 1. The van der Waals surface area contributed by atoms with E-state index >= 15 is 0 Å². The van der Waals surface area contributed by atoms with Gasteiger partial charge in [0.05, 0.1) is 11.2 Å². The first kappa shape index (κ1) is 18.6.